The summed E-state index contributed by atoms with van der Waals surface area (Å²) in [4.78, 5) is 29.2. The first-order chi connectivity index (χ1) is 20.8. The molecule has 1 N–H and O–H groups in total. The molecule has 0 radical (unpaired) electrons. The molecule has 0 bridgehead atoms. The number of amides is 2. The minimum Gasteiger partial charge on any atom is -0.497 e. The van der Waals surface area contributed by atoms with Crippen molar-refractivity contribution in [2.75, 3.05) is 25.0 Å². The number of nitrogens with one attached hydrogen (secondary N) is 1. The van der Waals surface area contributed by atoms with Gasteiger partial charge in [-0.05, 0) is 59.5 Å². The zero-order chi connectivity index (χ0) is 30.8. The Morgan fingerprint density at radius 2 is 1.44 bits per heavy atom. The van der Waals surface area contributed by atoms with Gasteiger partial charge in [0.05, 0.1) is 17.7 Å². The Balaban J connectivity index is 1.78. The summed E-state index contributed by atoms with van der Waals surface area (Å²) in [6.07, 6.45) is 1.03. The summed E-state index contributed by atoms with van der Waals surface area (Å²) in [5.74, 6) is -0.273. The number of ether oxygens (including phenoxy) is 1. The van der Waals surface area contributed by atoms with Crippen LogP contribution in [0.5, 0.6) is 5.75 Å². The van der Waals surface area contributed by atoms with Crippen molar-refractivity contribution in [3.8, 4) is 5.75 Å². The van der Waals surface area contributed by atoms with Gasteiger partial charge in [0.1, 0.15) is 18.3 Å². The Labute approximate surface area is 254 Å². The maximum Gasteiger partial charge on any atom is 0.264 e. The van der Waals surface area contributed by atoms with Gasteiger partial charge in [-0.25, -0.2) is 8.42 Å². The molecule has 0 saturated heterocycles. The van der Waals surface area contributed by atoms with Crippen molar-refractivity contribution >= 4 is 27.5 Å². The molecule has 43 heavy (non-hydrogen) atoms. The van der Waals surface area contributed by atoms with E-state index in [1.165, 1.54) is 24.1 Å². The Morgan fingerprint density at radius 1 is 0.814 bits per heavy atom. The van der Waals surface area contributed by atoms with E-state index in [-0.39, 0.29) is 23.8 Å². The lowest BCUT2D eigenvalue weighted by Crippen LogP contribution is -2.53. The van der Waals surface area contributed by atoms with Crippen LogP contribution in [-0.4, -0.2) is 51.9 Å². The molecule has 1 atom stereocenters. The van der Waals surface area contributed by atoms with Crippen LogP contribution in [0.2, 0.25) is 0 Å². The SMILES string of the molecule is CCc1ccc(N(CC(=O)N(Cc2cccc(OC)c2)[C@@H](Cc2ccccc2)C(=O)NC)S(=O)(=O)c2ccccc2)cc1. The molecule has 0 spiro atoms. The van der Waals surface area contributed by atoms with Gasteiger partial charge in [0.15, 0.2) is 0 Å². The lowest BCUT2D eigenvalue weighted by atomic mass is 10.0. The number of benzene rings is 4. The van der Waals surface area contributed by atoms with Crippen LogP contribution in [-0.2, 0) is 39.0 Å². The first-order valence-electron chi connectivity index (χ1n) is 14.1. The molecule has 0 aromatic heterocycles. The molecule has 0 heterocycles. The predicted octanol–water partition coefficient (Wildman–Crippen LogP) is 4.84. The van der Waals surface area contributed by atoms with Gasteiger partial charge in [-0.1, -0.05) is 79.7 Å². The van der Waals surface area contributed by atoms with Gasteiger partial charge in [-0.2, -0.15) is 0 Å². The maximum atomic E-state index is 14.3. The van der Waals surface area contributed by atoms with Gasteiger partial charge in [0.25, 0.3) is 10.0 Å². The molecule has 0 saturated carbocycles. The van der Waals surface area contributed by atoms with Crippen LogP contribution in [0.15, 0.2) is 114 Å². The van der Waals surface area contributed by atoms with Crippen molar-refractivity contribution < 1.29 is 22.7 Å². The smallest absolute Gasteiger partial charge is 0.264 e. The molecule has 224 valence electrons. The molecule has 0 aliphatic heterocycles. The number of hydrogen-bond donors (Lipinski definition) is 1. The lowest BCUT2D eigenvalue weighted by Gasteiger charge is -2.33. The Hall–Kier alpha value is -4.63. The number of likely N-dealkylation sites (N-methyl/N-ethyl adjacent to an activating group) is 1. The number of methoxy groups -OCH3 is 1. The average molecular weight is 600 g/mol. The minimum absolute atomic E-state index is 0.0638. The summed E-state index contributed by atoms with van der Waals surface area (Å²) < 4.78 is 34.5. The molecule has 4 aromatic carbocycles. The standard InChI is InChI=1S/C34H37N3O5S/c1-4-26-18-20-29(21-19-26)37(43(40,41)31-16-9-6-10-17-31)25-33(38)36(24-28-14-11-15-30(22-28)42-3)32(34(39)35-2)23-27-12-7-5-8-13-27/h5-22,32H,4,23-25H2,1-3H3,(H,35,39)/t32-/m0/s1. The predicted molar refractivity (Wildman–Crippen MR) is 168 cm³/mol. The summed E-state index contributed by atoms with van der Waals surface area (Å²) in [5.41, 5.74) is 2.99. The van der Waals surface area contributed by atoms with Gasteiger partial charge in [-0.15, -0.1) is 0 Å². The van der Waals surface area contributed by atoms with Crippen molar-refractivity contribution in [2.24, 2.45) is 0 Å². The van der Waals surface area contributed by atoms with Crippen molar-refractivity contribution in [1.29, 1.82) is 0 Å². The monoisotopic (exact) mass is 599 g/mol. The van der Waals surface area contributed by atoms with Crippen LogP contribution < -0.4 is 14.4 Å². The van der Waals surface area contributed by atoms with E-state index in [0.717, 1.165) is 27.4 Å². The minimum atomic E-state index is -4.13. The summed E-state index contributed by atoms with van der Waals surface area (Å²) in [5, 5.41) is 2.69. The molecule has 0 fully saturated rings. The molecule has 8 nitrogen and oxygen atoms in total. The third-order valence-electron chi connectivity index (χ3n) is 7.25. The Bertz CT molecular complexity index is 1610. The molecule has 0 unspecified atom stereocenters. The molecular weight excluding hydrogens is 562 g/mol. The maximum absolute atomic E-state index is 14.3. The number of hydrogen-bond acceptors (Lipinski definition) is 5. The fraction of sp³-hybridized carbons (Fsp3) is 0.235. The van der Waals surface area contributed by atoms with E-state index in [1.807, 2.05) is 61.5 Å². The van der Waals surface area contributed by atoms with E-state index in [1.54, 1.807) is 49.6 Å². The van der Waals surface area contributed by atoms with Gasteiger partial charge >= 0.3 is 0 Å². The van der Waals surface area contributed by atoms with E-state index in [4.69, 9.17) is 4.74 Å². The quantitative estimate of drug-likeness (QED) is 0.237. The van der Waals surface area contributed by atoms with Gasteiger partial charge in [0, 0.05) is 20.0 Å². The second-order valence-corrected chi connectivity index (χ2v) is 11.9. The van der Waals surface area contributed by atoms with E-state index in [0.29, 0.717) is 11.4 Å². The highest BCUT2D eigenvalue weighted by Crippen LogP contribution is 2.26. The molecule has 2 amide bonds. The first-order valence-corrected chi connectivity index (χ1v) is 15.6. The fourth-order valence-electron chi connectivity index (χ4n) is 4.83. The van der Waals surface area contributed by atoms with Gasteiger partial charge < -0.3 is 15.0 Å². The summed E-state index contributed by atoms with van der Waals surface area (Å²) in [6.45, 7) is 1.57. The average Bonchev–Trinajstić information content (AvgIpc) is 3.05. The number of aryl methyl sites for hydroxylation is 1. The van der Waals surface area contributed by atoms with Crippen LogP contribution in [0.25, 0.3) is 0 Å². The number of carbonyl (C=O) groups excluding carboxylic acids is 2. The zero-order valence-corrected chi connectivity index (χ0v) is 25.5. The molecule has 9 heteroatoms. The third kappa shape index (κ3) is 7.81. The number of carbonyl (C=O) groups is 2. The Morgan fingerprint density at radius 3 is 2.05 bits per heavy atom. The van der Waals surface area contributed by atoms with E-state index < -0.39 is 28.5 Å². The second-order valence-electron chi connectivity index (χ2n) is 10.0. The van der Waals surface area contributed by atoms with Crippen LogP contribution in [0.1, 0.15) is 23.6 Å². The van der Waals surface area contributed by atoms with Crippen LogP contribution in [0.3, 0.4) is 0 Å². The Kier molecular flexibility index (Phi) is 10.6. The molecular formula is C34H37N3O5S. The number of sulfonamides is 1. The van der Waals surface area contributed by atoms with Crippen molar-refractivity contribution in [1.82, 2.24) is 10.2 Å². The fourth-order valence-corrected chi connectivity index (χ4v) is 6.27. The van der Waals surface area contributed by atoms with Crippen molar-refractivity contribution in [3.05, 3.63) is 126 Å². The summed E-state index contributed by atoms with van der Waals surface area (Å²) in [6, 6.07) is 30.9. The van der Waals surface area contributed by atoms with Crippen molar-refractivity contribution in [3.63, 3.8) is 0 Å². The van der Waals surface area contributed by atoms with Crippen LogP contribution in [0, 0.1) is 0 Å². The topological polar surface area (TPSA) is 96.0 Å². The normalized spacial score (nSPS) is 11.8. The highest BCUT2D eigenvalue weighted by molar-refractivity contribution is 7.92. The molecule has 0 aliphatic carbocycles. The van der Waals surface area contributed by atoms with Crippen LogP contribution >= 0.6 is 0 Å². The van der Waals surface area contributed by atoms with Gasteiger partial charge in [0.2, 0.25) is 11.8 Å². The summed E-state index contributed by atoms with van der Waals surface area (Å²) >= 11 is 0. The van der Waals surface area contributed by atoms with E-state index in [2.05, 4.69) is 5.32 Å². The largest absolute Gasteiger partial charge is 0.497 e. The first kappa shape index (κ1) is 31.3. The number of nitrogens with zero attached hydrogens (tertiary/aromatic N) is 2. The van der Waals surface area contributed by atoms with Gasteiger partial charge in [-0.3, -0.25) is 13.9 Å². The molecule has 4 rings (SSSR count). The highest BCUT2D eigenvalue weighted by atomic mass is 32.2. The zero-order valence-electron chi connectivity index (χ0n) is 24.6. The van der Waals surface area contributed by atoms with Crippen molar-refractivity contribution in [2.45, 2.75) is 37.2 Å². The molecule has 0 aliphatic rings. The van der Waals surface area contributed by atoms with Crippen LogP contribution in [0.4, 0.5) is 5.69 Å². The second kappa shape index (κ2) is 14.5. The highest BCUT2D eigenvalue weighted by Gasteiger charge is 2.34. The van der Waals surface area contributed by atoms with E-state index in [9.17, 15) is 18.0 Å². The number of anilines is 1. The molecule has 4 aromatic rings. The lowest BCUT2D eigenvalue weighted by molar-refractivity contribution is -0.139. The number of rotatable bonds is 13. The van der Waals surface area contributed by atoms with E-state index >= 15 is 0 Å². The summed E-state index contributed by atoms with van der Waals surface area (Å²) in [7, 11) is -1.05. The third-order valence-corrected chi connectivity index (χ3v) is 9.04.